The van der Waals surface area contributed by atoms with Gasteiger partial charge in [0, 0.05) is 18.3 Å². The lowest BCUT2D eigenvalue weighted by molar-refractivity contribution is 0.406. The Morgan fingerprint density at radius 1 is 1.50 bits per heavy atom. The fraction of sp³-hybridized carbons (Fsp3) is 0.692. The van der Waals surface area contributed by atoms with Crippen molar-refractivity contribution in [2.75, 3.05) is 13.6 Å². The molecule has 3 heteroatoms. The van der Waals surface area contributed by atoms with Gasteiger partial charge >= 0.3 is 0 Å². The van der Waals surface area contributed by atoms with E-state index in [4.69, 9.17) is 10.8 Å². The minimum absolute atomic E-state index is 0.486. The molecule has 3 nitrogen and oxygen atoms in total. The highest BCUT2D eigenvalue weighted by atomic mass is 14.8. The summed E-state index contributed by atoms with van der Waals surface area (Å²) in [5, 5.41) is 17.9. The van der Waals surface area contributed by atoms with Crippen LogP contribution in [-0.4, -0.2) is 25.5 Å². The average Bonchev–Trinajstić information content (AvgIpc) is 2.26. The van der Waals surface area contributed by atoms with Gasteiger partial charge in [-0.1, -0.05) is 13.0 Å². The van der Waals surface area contributed by atoms with Gasteiger partial charge in [0.05, 0.1) is 0 Å². The van der Waals surface area contributed by atoms with Crippen molar-refractivity contribution in [1.29, 1.82) is 10.8 Å². The zero-order valence-corrected chi connectivity index (χ0v) is 10.6. The monoisotopic (exact) mass is 223 g/mol. The van der Waals surface area contributed by atoms with Crippen molar-refractivity contribution in [3.8, 4) is 0 Å². The van der Waals surface area contributed by atoms with Gasteiger partial charge in [0.15, 0.2) is 0 Å². The van der Waals surface area contributed by atoms with Gasteiger partial charge in [0.1, 0.15) is 0 Å². The second-order valence-electron chi connectivity index (χ2n) is 4.28. The molecule has 0 rings (SSSR count). The predicted molar refractivity (Wildman–Crippen MR) is 71.8 cm³/mol. The Hall–Kier alpha value is -0.960. The van der Waals surface area contributed by atoms with Gasteiger partial charge < -0.3 is 16.1 Å². The van der Waals surface area contributed by atoms with Gasteiger partial charge in [-0.25, -0.2) is 0 Å². The third-order valence-corrected chi connectivity index (χ3v) is 2.87. The fourth-order valence-electron chi connectivity index (χ4n) is 1.94. The van der Waals surface area contributed by atoms with E-state index in [1.165, 1.54) is 6.21 Å². The number of hydrogen-bond donors (Lipinski definition) is 3. The van der Waals surface area contributed by atoms with Crippen LogP contribution in [0.5, 0.6) is 0 Å². The average molecular weight is 223 g/mol. The van der Waals surface area contributed by atoms with Crippen LogP contribution in [0.4, 0.5) is 0 Å². The van der Waals surface area contributed by atoms with Crippen molar-refractivity contribution in [1.82, 2.24) is 5.32 Å². The van der Waals surface area contributed by atoms with Gasteiger partial charge in [-0.2, -0.15) is 0 Å². The highest BCUT2D eigenvalue weighted by Crippen LogP contribution is 2.19. The third-order valence-electron chi connectivity index (χ3n) is 2.87. The SMILES string of the molecule is C=CC(CC)CC(CNC)CC(=N)CC=N. The van der Waals surface area contributed by atoms with Crippen LogP contribution in [0, 0.1) is 22.7 Å². The van der Waals surface area contributed by atoms with Crippen LogP contribution in [0.25, 0.3) is 0 Å². The Kier molecular flexibility index (Phi) is 8.72. The summed E-state index contributed by atoms with van der Waals surface area (Å²) in [6.07, 6.45) is 6.81. The van der Waals surface area contributed by atoms with Crippen molar-refractivity contribution in [2.24, 2.45) is 11.8 Å². The minimum Gasteiger partial charge on any atom is -0.319 e. The van der Waals surface area contributed by atoms with E-state index < -0.39 is 0 Å². The molecular formula is C13H25N3. The summed E-state index contributed by atoms with van der Waals surface area (Å²) in [5.41, 5.74) is 0.661. The maximum Gasteiger partial charge on any atom is 0.0199 e. The quantitative estimate of drug-likeness (QED) is 0.387. The van der Waals surface area contributed by atoms with E-state index in [0.717, 1.165) is 25.8 Å². The maximum atomic E-state index is 7.75. The first-order valence-corrected chi connectivity index (χ1v) is 6.00. The molecule has 2 unspecified atom stereocenters. The second-order valence-corrected chi connectivity index (χ2v) is 4.28. The molecule has 92 valence electrons. The van der Waals surface area contributed by atoms with Gasteiger partial charge in [0.25, 0.3) is 0 Å². The zero-order valence-electron chi connectivity index (χ0n) is 10.6. The lowest BCUT2D eigenvalue weighted by Gasteiger charge is -2.20. The molecule has 0 heterocycles. The molecule has 16 heavy (non-hydrogen) atoms. The van der Waals surface area contributed by atoms with Crippen LogP contribution in [0.3, 0.4) is 0 Å². The largest absolute Gasteiger partial charge is 0.319 e. The Labute approximate surface area is 99.3 Å². The van der Waals surface area contributed by atoms with Crippen molar-refractivity contribution in [3.63, 3.8) is 0 Å². The molecule has 0 saturated heterocycles. The molecule has 0 aromatic heterocycles. The van der Waals surface area contributed by atoms with Crippen molar-refractivity contribution in [2.45, 2.75) is 32.6 Å². The molecule has 0 aromatic carbocycles. The van der Waals surface area contributed by atoms with Crippen LogP contribution >= 0.6 is 0 Å². The van der Waals surface area contributed by atoms with E-state index in [-0.39, 0.29) is 0 Å². The summed E-state index contributed by atoms with van der Waals surface area (Å²) in [6, 6.07) is 0. The van der Waals surface area contributed by atoms with E-state index in [0.29, 0.717) is 24.0 Å². The molecule has 0 radical (unpaired) electrons. The van der Waals surface area contributed by atoms with Gasteiger partial charge in [-0.15, -0.1) is 6.58 Å². The highest BCUT2D eigenvalue weighted by Gasteiger charge is 2.14. The summed E-state index contributed by atoms with van der Waals surface area (Å²) < 4.78 is 0. The lowest BCUT2D eigenvalue weighted by Crippen LogP contribution is -2.23. The van der Waals surface area contributed by atoms with E-state index in [1.54, 1.807) is 0 Å². The first kappa shape index (κ1) is 15.0. The molecule has 0 fully saturated rings. The first-order chi connectivity index (χ1) is 7.67. The van der Waals surface area contributed by atoms with Crippen molar-refractivity contribution < 1.29 is 0 Å². The summed E-state index contributed by atoms with van der Waals surface area (Å²) in [6.45, 7) is 6.96. The third kappa shape index (κ3) is 6.51. The molecule has 0 spiro atoms. The highest BCUT2D eigenvalue weighted by molar-refractivity contribution is 5.92. The minimum atomic E-state index is 0.486. The van der Waals surface area contributed by atoms with Crippen LogP contribution in [-0.2, 0) is 0 Å². The normalized spacial score (nSPS) is 14.1. The van der Waals surface area contributed by atoms with E-state index in [2.05, 4.69) is 18.8 Å². The smallest absolute Gasteiger partial charge is 0.0199 e. The Bertz CT molecular complexity index is 223. The summed E-state index contributed by atoms with van der Waals surface area (Å²) >= 11 is 0. The number of allylic oxidation sites excluding steroid dienone is 1. The molecule has 0 amide bonds. The maximum absolute atomic E-state index is 7.75. The summed E-state index contributed by atoms with van der Waals surface area (Å²) in [5.74, 6) is 1.03. The standard InChI is InChI=1S/C13H25N3/c1-4-11(5-2)8-12(10-16-3)9-13(15)6-7-14/h4,7,11-12,14-16H,1,5-6,8-10H2,2-3H3. The van der Waals surface area contributed by atoms with Gasteiger partial charge in [0.2, 0.25) is 0 Å². The number of nitrogens with one attached hydrogen (secondary N) is 3. The second kappa shape index (κ2) is 9.28. The number of hydrogen-bond acceptors (Lipinski definition) is 3. The Morgan fingerprint density at radius 2 is 2.19 bits per heavy atom. The van der Waals surface area contributed by atoms with E-state index in [9.17, 15) is 0 Å². The van der Waals surface area contributed by atoms with Crippen molar-refractivity contribution in [3.05, 3.63) is 12.7 Å². The Balaban J connectivity index is 4.19. The van der Waals surface area contributed by atoms with Crippen LogP contribution in [0.2, 0.25) is 0 Å². The Morgan fingerprint density at radius 3 is 2.62 bits per heavy atom. The van der Waals surface area contributed by atoms with Gasteiger partial charge in [-0.05, 0) is 44.7 Å². The van der Waals surface area contributed by atoms with Gasteiger partial charge in [-0.3, -0.25) is 0 Å². The van der Waals surface area contributed by atoms with Crippen LogP contribution < -0.4 is 5.32 Å². The molecule has 0 saturated carbocycles. The molecule has 2 atom stereocenters. The van der Waals surface area contributed by atoms with Crippen molar-refractivity contribution >= 4 is 11.9 Å². The number of rotatable bonds is 10. The van der Waals surface area contributed by atoms with E-state index >= 15 is 0 Å². The zero-order chi connectivity index (χ0) is 12.4. The summed E-state index contributed by atoms with van der Waals surface area (Å²) in [4.78, 5) is 0. The molecule has 0 aromatic rings. The fourth-order valence-corrected chi connectivity index (χ4v) is 1.94. The van der Waals surface area contributed by atoms with E-state index in [1.807, 2.05) is 13.1 Å². The molecule has 0 bridgehead atoms. The summed E-state index contributed by atoms with van der Waals surface area (Å²) in [7, 11) is 1.95. The molecule has 0 aliphatic heterocycles. The molecule has 0 aliphatic carbocycles. The lowest BCUT2D eigenvalue weighted by atomic mass is 9.88. The molecular weight excluding hydrogens is 198 g/mol. The van der Waals surface area contributed by atoms with Crippen LogP contribution in [0.15, 0.2) is 12.7 Å². The van der Waals surface area contributed by atoms with Crippen LogP contribution in [0.1, 0.15) is 32.6 Å². The molecule has 0 aliphatic rings. The topological polar surface area (TPSA) is 59.7 Å². The molecule has 3 N–H and O–H groups in total. The predicted octanol–water partition coefficient (Wildman–Crippen LogP) is 2.87. The first-order valence-electron chi connectivity index (χ1n) is 6.00.